The number of rotatable bonds is 6. The second-order valence-electron chi connectivity index (χ2n) is 6.00. The molecule has 2 N–H and O–H groups in total. The summed E-state index contributed by atoms with van der Waals surface area (Å²) < 4.78 is 0. The van der Waals surface area contributed by atoms with E-state index in [1.807, 2.05) is 0 Å². The van der Waals surface area contributed by atoms with Crippen molar-refractivity contribution in [3.05, 3.63) is 10.1 Å². The molecule has 0 spiro atoms. The topological polar surface area (TPSA) is 67.2 Å². The van der Waals surface area contributed by atoms with E-state index in [0.717, 1.165) is 19.4 Å². The standard InChI is InChI=1S/C14H27N3O2/c1-2-3-6-9-15-14-11-7-4-5-8-12(11)16-10-13(14)17(18)19/h11-16H,2-10H2,1H3. The molecule has 4 unspecified atom stereocenters. The molecule has 1 aliphatic heterocycles. The summed E-state index contributed by atoms with van der Waals surface area (Å²) in [5, 5.41) is 18.2. The highest BCUT2D eigenvalue weighted by atomic mass is 16.6. The van der Waals surface area contributed by atoms with Crippen molar-refractivity contribution >= 4 is 0 Å². The number of piperidine rings is 1. The lowest BCUT2D eigenvalue weighted by atomic mass is 9.74. The van der Waals surface area contributed by atoms with Gasteiger partial charge in [-0.05, 0) is 31.7 Å². The van der Waals surface area contributed by atoms with E-state index < -0.39 is 6.04 Å². The van der Waals surface area contributed by atoms with Gasteiger partial charge in [-0.1, -0.05) is 32.6 Å². The lowest BCUT2D eigenvalue weighted by Crippen LogP contribution is -2.64. The van der Waals surface area contributed by atoms with Gasteiger partial charge in [0.2, 0.25) is 6.04 Å². The lowest BCUT2D eigenvalue weighted by Gasteiger charge is -2.43. The third-order valence-corrected chi connectivity index (χ3v) is 4.72. The Kier molecular flexibility index (Phi) is 5.58. The molecule has 2 aliphatic rings. The van der Waals surface area contributed by atoms with E-state index in [4.69, 9.17) is 0 Å². The van der Waals surface area contributed by atoms with Crippen LogP contribution < -0.4 is 10.6 Å². The van der Waals surface area contributed by atoms with Gasteiger partial charge in [-0.3, -0.25) is 10.1 Å². The Morgan fingerprint density at radius 1 is 1.32 bits per heavy atom. The summed E-state index contributed by atoms with van der Waals surface area (Å²) in [6, 6.07) is 0.105. The number of unbranched alkanes of at least 4 members (excludes halogenated alkanes) is 2. The predicted molar refractivity (Wildman–Crippen MR) is 75.8 cm³/mol. The first-order valence-corrected chi connectivity index (χ1v) is 7.84. The quantitative estimate of drug-likeness (QED) is 0.439. The Balaban J connectivity index is 1.95. The smallest absolute Gasteiger partial charge is 0.240 e. The first-order chi connectivity index (χ1) is 9.24. The molecule has 0 aromatic carbocycles. The highest BCUT2D eigenvalue weighted by Crippen LogP contribution is 2.31. The van der Waals surface area contributed by atoms with Crippen molar-refractivity contribution in [1.82, 2.24) is 10.6 Å². The maximum Gasteiger partial charge on any atom is 0.240 e. The Labute approximate surface area is 115 Å². The molecule has 19 heavy (non-hydrogen) atoms. The number of hydrogen-bond donors (Lipinski definition) is 2. The minimum absolute atomic E-state index is 0.0680. The summed E-state index contributed by atoms with van der Waals surface area (Å²) >= 11 is 0. The molecule has 5 nitrogen and oxygen atoms in total. The van der Waals surface area contributed by atoms with E-state index in [9.17, 15) is 10.1 Å². The van der Waals surface area contributed by atoms with Crippen LogP contribution in [0, 0.1) is 16.0 Å². The molecule has 1 aliphatic carbocycles. The van der Waals surface area contributed by atoms with Gasteiger partial charge in [0.25, 0.3) is 0 Å². The summed E-state index contributed by atoms with van der Waals surface area (Å²) in [5.74, 6) is 0.444. The first kappa shape index (κ1) is 14.7. The van der Waals surface area contributed by atoms with Gasteiger partial charge in [-0.2, -0.15) is 0 Å². The zero-order chi connectivity index (χ0) is 13.7. The van der Waals surface area contributed by atoms with Crippen molar-refractivity contribution < 1.29 is 4.92 Å². The van der Waals surface area contributed by atoms with Crippen LogP contribution in [-0.4, -0.2) is 36.1 Å². The van der Waals surface area contributed by atoms with E-state index >= 15 is 0 Å². The van der Waals surface area contributed by atoms with E-state index in [-0.39, 0.29) is 11.0 Å². The van der Waals surface area contributed by atoms with Crippen LogP contribution in [0.2, 0.25) is 0 Å². The highest BCUT2D eigenvalue weighted by molar-refractivity contribution is 4.98. The zero-order valence-corrected chi connectivity index (χ0v) is 11.9. The molecular weight excluding hydrogens is 242 g/mol. The van der Waals surface area contributed by atoms with Gasteiger partial charge in [0.15, 0.2) is 0 Å². The third-order valence-electron chi connectivity index (χ3n) is 4.72. The molecule has 1 heterocycles. The Hall–Kier alpha value is -0.680. The van der Waals surface area contributed by atoms with Gasteiger partial charge in [-0.25, -0.2) is 0 Å². The van der Waals surface area contributed by atoms with Gasteiger partial charge < -0.3 is 10.6 Å². The van der Waals surface area contributed by atoms with Crippen molar-refractivity contribution in [3.63, 3.8) is 0 Å². The average Bonchev–Trinajstić information content (AvgIpc) is 2.43. The summed E-state index contributed by atoms with van der Waals surface area (Å²) in [6.07, 6.45) is 8.33. The Bertz CT molecular complexity index is 298. The van der Waals surface area contributed by atoms with Crippen molar-refractivity contribution in [2.75, 3.05) is 13.1 Å². The van der Waals surface area contributed by atoms with Crippen LogP contribution in [-0.2, 0) is 0 Å². The van der Waals surface area contributed by atoms with Crippen LogP contribution in [0.25, 0.3) is 0 Å². The largest absolute Gasteiger partial charge is 0.308 e. The molecule has 4 atom stereocenters. The molecule has 0 aromatic heterocycles. The molecule has 2 rings (SSSR count). The lowest BCUT2D eigenvalue weighted by molar-refractivity contribution is -0.529. The van der Waals surface area contributed by atoms with Gasteiger partial charge >= 0.3 is 0 Å². The maximum absolute atomic E-state index is 11.3. The van der Waals surface area contributed by atoms with E-state index in [0.29, 0.717) is 18.5 Å². The normalized spacial score (nSPS) is 34.8. The van der Waals surface area contributed by atoms with Crippen LogP contribution in [0.15, 0.2) is 0 Å². The van der Waals surface area contributed by atoms with E-state index in [1.165, 1.54) is 32.1 Å². The van der Waals surface area contributed by atoms with E-state index in [2.05, 4.69) is 17.6 Å². The number of nitro groups is 1. The maximum atomic E-state index is 11.3. The number of nitrogens with zero attached hydrogens (tertiary/aromatic N) is 1. The van der Waals surface area contributed by atoms with Crippen molar-refractivity contribution in [2.24, 2.45) is 5.92 Å². The van der Waals surface area contributed by atoms with Gasteiger partial charge in [-0.15, -0.1) is 0 Å². The van der Waals surface area contributed by atoms with Crippen LogP contribution in [0.5, 0.6) is 0 Å². The van der Waals surface area contributed by atoms with Crippen LogP contribution in [0.3, 0.4) is 0 Å². The molecule has 0 aromatic rings. The van der Waals surface area contributed by atoms with Gasteiger partial charge in [0.1, 0.15) is 0 Å². The van der Waals surface area contributed by atoms with Crippen LogP contribution in [0.4, 0.5) is 0 Å². The molecule has 5 heteroatoms. The van der Waals surface area contributed by atoms with Crippen LogP contribution >= 0.6 is 0 Å². The van der Waals surface area contributed by atoms with E-state index in [1.54, 1.807) is 0 Å². The fourth-order valence-corrected chi connectivity index (χ4v) is 3.66. The molecule has 0 bridgehead atoms. The second-order valence-corrected chi connectivity index (χ2v) is 6.00. The molecule has 110 valence electrons. The Morgan fingerprint density at radius 3 is 2.84 bits per heavy atom. The molecule has 0 radical (unpaired) electrons. The SMILES string of the molecule is CCCCCNC1C2CCCCC2NCC1[N+](=O)[O-]. The minimum atomic E-state index is -0.457. The fourth-order valence-electron chi connectivity index (χ4n) is 3.66. The van der Waals surface area contributed by atoms with Crippen molar-refractivity contribution in [2.45, 2.75) is 70.0 Å². The number of fused-ring (bicyclic) bond motifs is 1. The predicted octanol–water partition coefficient (Wildman–Crippen LogP) is 1.94. The van der Waals surface area contributed by atoms with Crippen molar-refractivity contribution in [1.29, 1.82) is 0 Å². The Morgan fingerprint density at radius 2 is 2.11 bits per heavy atom. The van der Waals surface area contributed by atoms with Gasteiger partial charge in [0, 0.05) is 11.0 Å². The fraction of sp³-hybridized carbons (Fsp3) is 1.00. The zero-order valence-electron chi connectivity index (χ0n) is 11.9. The third kappa shape index (κ3) is 3.66. The van der Waals surface area contributed by atoms with Crippen LogP contribution in [0.1, 0.15) is 51.9 Å². The summed E-state index contributed by atoms with van der Waals surface area (Å²) in [6.45, 7) is 3.63. The molecular formula is C14H27N3O2. The number of hydrogen-bond acceptors (Lipinski definition) is 4. The average molecular weight is 269 g/mol. The monoisotopic (exact) mass is 269 g/mol. The second kappa shape index (κ2) is 7.20. The highest BCUT2D eigenvalue weighted by Gasteiger charge is 2.45. The first-order valence-electron chi connectivity index (χ1n) is 7.84. The summed E-state index contributed by atoms with van der Waals surface area (Å²) in [7, 11) is 0. The number of nitrogens with one attached hydrogen (secondary N) is 2. The van der Waals surface area contributed by atoms with Crippen molar-refractivity contribution in [3.8, 4) is 0 Å². The minimum Gasteiger partial charge on any atom is -0.308 e. The molecule has 2 fully saturated rings. The molecule has 1 saturated carbocycles. The molecule has 1 saturated heterocycles. The van der Waals surface area contributed by atoms with Gasteiger partial charge in [0.05, 0.1) is 12.6 Å². The summed E-state index contributed by atoms with van der Waals surface area (Å²) in [5.41, 5.74) is 0. The molecule has 0 amide bonds. The summed E-state index contributed by atoms with van der Waals surface area (Å²) in [4.78, 5) is 11.2.